The zero-order chi connectivity index (χ0) is 18.4. The van der Waals surface area contributed by atoms with Crippen molar-refractivity contribution in [3.8, 4) is 23.7 Å². The highest BCUT2D eigenvalue weighted by atomic mass is 16.7. The van der Waals surface area contributed by atoms with E-state index in [4.69, 9.17) is 14.2 Å². The number of rotatable bonds is 3. The molecule has 0 aromatic heterocycles. The summed E-state index contributed by atoms with van der Waals surface area (Å²) in [5.74, 6) is 9.20. The van der Waals surface area contributed by atoms with Gasteiger partial charge >= 0.3 is 5.97 Å². The van der Waals surface area contributed by atoms with Gasteiger partial charge in [0.15, 0.2) is 6.10 Å². The van der Waals surface area contributed by atoms with Gasteiger partial charge in [0.2, 0.25) is 5.79 Å². The van der Waals surface area contributed by atoms with Crippen LogP contribution >= 0.6 is 0 Å². The highest BCUT2D eigenvalue weighted by Gasteiger charge is 2.55. The number of aliphatic hydroxyl groups is 2. The maximum absolute atomic E-state index is 11.7. The van der Waals surface area contributed by atoms with E-state index >= 15 is 0 Å². The predicted octanol–water partition coefficient (Wildman–Crippen LogP) is 1.11. The van der Waals surface area contributed by atoms with E-state index in [2.05, 4.69) is 23.7 Å². The molecule has 6 heteroatoms. The number of hydrogen-bond donors (Lipinski definition) is 2. The molecule has 0 unspecified atom stereocenters. The summed E-state index contributed by atoms with van der Waals surface area (Å²) in [6.07, 6.45) is -0.318. The molecule has 2 saturated heterocycles. The van der Waals surface area contributed by atoms with E-state index in [1.165, 1.54) is 6.08 Å². The molecule has 2 aliphatic heterocycles. The zero-order valence-corrected chi connectivity index (χ0v) is 14.7. The number of hydrogen-bond acceptors (Lipinski definition) is 6. The average Bonchev–Trinajstić information content (AvgIpc) is 2.78. The number of ether oxygens (including phenoxy) is 3. The van der Waals surface area contributed by atoms with Gasteiger partial charge in [0.05, 0.1) is 6.61 Å². The van der Waals surface area contributed by atoms with Crippen molar-refractivity contribution in [1.82, 2.24) is 0 Å². The Hall–Kier alpha value is -1.99. The molecule has 4 atom stereocenters. The lowest BCUT2D eigenvalue weighted by Gasteiger charge is -2.37. The van der Waals surface area contributed by atoms with E-state index in [-0.39, 0.29) is 30.4 Å². The second-order valence-corrected chi connectivity index (χ2v) is 6.55. The molecule has 2 fully saturated rings. The largest absolute Gasteiger partial charge is 0.460 e. The summed E-state index contributed by atoms with van der Waals surface area (Å²) in [6, 6.07) is 0. The normalized spacial score (nSPS) is 32.6. The Morgan fingerprint density at radius 2 is 2.20 bits per heavy atom. The minimum atomic E-state index is -1.33. The lowest BCUT2D eigenvalue weighted by molar-refractivity contribution is -0.274. The van der Waals surface area contributed by atoms with Gasteiger partial charge in [-0.15, -0.1) is 0 Å². The molecule has 2 aliphatic rings. The van der Waals surface area contributed by atoms with Gasteiger partial charge in [-0.2, -0.15) is 0 Å². The third kappa shape index (κ3) is 4.76. The van der Waals surface area contributed by atoms with Gasteiger partial charge in [0.25, 0.3) is 0 Å². The van der Waals surface area contributed by atoms with Crippen LogP contribution in [0.1, 0.15) is 40.0 Å². The van der Waals surface area contributed by atoms with Crippen molar-refractivity contribution in [1.29, 1.82) is 0 Å². The summed E-state index contributed by atoms with van der Waals surface area (Å²) >= 11 is 0. The predicted molar refractivity (Wildman–Crippen MR) is 89.7 cm³/mol. The molecule has 0 aromatic carbocycles. The Labute approximate surface area is 148 Å². The van der Waals surface area contributed by atoms with Crippen LogP contribution in [0.15, 0.2) is 11.8 Å². The highest BCUT2D eigenvalue weighted by Crippen LogP contribution is 2.41. The summed E-state index contributed by atoms with van der Waals surface area (Å²) in [5.41, 5.74) is 0. The molecule has 25 heavy (non-hydrogen) atoms. The Morgan fingerprint density at radius 3 is 2.80 bits per heavy atom. The molecular weight excluding hydrogens is 324 g/mol. The van der Waals surface area contributed by atoms with E-state index < -0.39 is 18.0 Å². The summed E-state index contributed by atoms with van der Waals surface area (Å²) in [7, 11) is 0. The molecule has 2 rings (SSSR count). The van der Waals surface area contributed by atoms with Gasteiger partial charge in [0.1, 0.15) is 18.0 Å². The SMILES string of the molecule is CC#CC#C/C=C1/O[C@@]2(CC[C@H](OC(=O)CC(C)C)CO2)[C@H](O)[C@H]1O. The number of allylic oxidation sites excluding steroid dienone is 1. The van der Waals surface area contributed by atoms with Crippen molar-refractivity contribution in [3.63, 3.8) is 0 Å². The van der Waals surface area contributed by atoms with Crippen LogP contribution in [0.3, 0.4) is 0 Å². The van der Waals surface area contributed by atoms with Crippen LogP contribution in [0.2, 0.25) is 0 Å². The summed E-state index contributed by atoms with van der Waals surface area (Å²) in [6.45, 7) is 5.66. The molecule has 2 N–H and O–H groups in total. The summed E-state index contributed by atoms with van der Waals surface area (Å²) in [5, 5.41) is 20.4. The van der Waals surface area contributed by atoms with Crippen LogP contribution in [0, 0.1) is 29.6 Å². The van der Waals surface area contributed by atoms with Crippen molar-refractivity contribution in [2.24, 2.45) is 5.92 Å². The smallest absolute Gasteiger partial charge is 0.306 e. The second-order valence-electron chi connectivity index (χ2n) is 6.55. The molecule has 0 saturated carbocycles. The van der Waals surface area contributed by atoms with Gasteiger partial charge in [-0.3, -0.25) is 4.79 Å². The molecule has 136 valence electrons. The third-order valence-electron chi connectivity index (χ3n) is 4.01. The minimum Gasteiger partial charge on any atom is -0.460 e. The number of esters is 1. The van der Waals surface area contributed by atoms with Crippen LogP contribution in [0.25, 0.3) is 0 Å². The average molecular weight is 348 g/mol. The minimum absolute atomic E-state index is 0.105. The maximum atomic E-state index is 11.7. The Kier molecular flexibility index (Phi) is 6.50. The first-order valence-corrected chi connectivity index (χ1v) is 8.39. The maximum Gasteiger partial charge on any atom is 0.306 e. The van der Waals surface area contributed by atoms with Crippen molar-refractivity contribution in [2.75, 3.05) is 6.61 Å². The van der Waals surface area contributed by atoms with Crippen LogP contribution in [0.4, 0.5) is 0 Å². The van der Waals surface area contributed by atoms with Gasteiger partial charge in [-0.1, -0.05) is 25.7 Å². The quantitative estimate of drug-likeness (QED) is 0.587. The van der Waals surface area contributed by atoms with Crippen LogP contribution < -0.4 is 0 Å². The van der Waals surface area contributed by atoms with Crippen LogP contribution in [-0.4, -0.2) is 46.9 Å². The van der Waals surface area contributed by atoms with Crippen molar-refractivity contribution in [2.45, 2.75) is 64.1 Å². The first-order valence-electron chi connectivity index (χ1n) is 8.39. The van der Waals surface area contributed by atoms with Crippen molar-refractivity contribution in [3.05, 3.63) is 11.8 Å². The molecule has 6 nitrogen and oxygen atoms in total. The summed E-state index contributed by atoms with van der Waals surface area (Å²) < 4.78 is 16.7. The van der Waals surface area contributed by atoms with Crippen LogP contribution in [0.5, 0.6) is 0 Å². The fourth-order valence-corrected chi connectivity index (χ4v) is 2.76. The van der Waals surface area contributed by atoms with E-state index in [0.29, 0.717) is 19.3 Å². The topological polar surface area (TPSA) is 85.2 Å². The highest BCUT2D eigenvalue weighted by molar-refractivity contribution is 5.69. The Bertz CT molecular complexity index is 634. The monoisotopic (exact) mass is 348 g/mol. The zero-order valence-electron chi connectivity index (χ0n) is 14.7. The van der Waals surface area contributed by atoms with Gasteiger partial charge in [-0.05, 0) is 31.1 Å². The van der Waals surface area contributed by atoms with Crippen molar-refractivity contribution >= 4 is 5.97 Å². The molecule has 0 aromatic rings. The molecule has 1 spiro atoms. The fraction of sp³-hybridized carbons (Fsp3) is 0.632. The molecule has 0 amide bonds. The lowest BCUT2D eigenvalue weighted by Crippen LogP contribution is -2.51. The molecular formula is C19H24O6. The van der Waals surface area contributed by atoms with E-state index in [1.807, 2.05) is 13.8 Å². The molecule has 2 heterocycles. The molecule has 0 radical (unpaired) electrons. The van der Waals surface area contributed by atoms with Gasteiger partial charge < -0.3 is 24.4 Å². The van der Waals surface area contributed by atoms with E-state index in [9.17, 15) is 15.0 Å². The van der Waals surface area contributed by atoms with Gasteiger partial charge in [0, 0.05) is 18.9 Å². The lowest BCUT2D eigenvalue weighted by atomic mass is 9.97. The first kappa shape index (κ1) is 19.3. The molecule has 0 bridgehead atoms. The third-order valence-corrected chi connectivity index (χ3v) is 4.01. The van der Waals surface area contributed by atoms with E-state index in [1.54, 1.807) is 6.92 Å². The fourth-order valence-electron chi connectivity index (χ4n) is 2.76. The second kappa shape index (κ2) is 8.40. The number of carbonyl (C=O) groups excluding carboxylic acids is 1. The molecule has 0 aliphatic carbocycles. The summed E-state index contributed by atoms with van der Waals surface area (Å²) in [4.78, 5) is 11.7. The van der Waals surface area contributed by atoms with Gasteiger partial charge in [-0.25, -0.2) is 0 Å². The number of carbonyl (C=O) groups is 1. The van der Waals surface area contributed by atoms with Crippen molar-refractivity contribution < 1.29 is 29.2 Å². The van der Waals surface area contributed by atoms with E-state index in [0.717, 1.165) is 0 Å². The van der Waals surface area contributed by atoms with Crippen LogP contribution in [-0.2, 0) is 19.0 Å². The Morgan fingerprint density at radius 1 is 1.44 bits per heavy atom. The first-order chi connectivity index (χ1) is 11.9. The Balaban J connectivity index is 1.96. The number of aliphatic hydroxyl groups excluding tert-OH is 2. The standard InChI is InChI=1S/C19H24O6/c1-4-5-6-7-8-15-17(21)18(22)19(25-15)10-9-14(12-23-19)24-16(20)11-13(2)3/h8,13-14,17-18,21-22H,9-12H2,1-3H3/b15-8+/t14-,17-,18+,19-/m0/s1.